The van der Waals surface area contributed by atoms with E-state index in [1.54, 1.807) is 30.7 Å². The molecule has 1 aliphatic rings. The Kier molecular flexibility index (Phi) is 5.77. The summed E-state index contributed by atoms with van der Waals surface area (Å²) in [5, 5.41) is 14.3. The zero-order chi connectivity index (χ0) is 17.9. The van der Waals surface area contributed by atoms with E-state index in [0.717, 1.165) is 0 Å². The van der Waals surface area contributed by atoms with E-state index in [0.29, 0.717) is 5.56 Å². The lowest BCUT2D eigenvalue weighted by atomic mass is 9.62. The molecule has 0 aliphatic heterocycles. The highest BCUT2D eigenvalue weighted by atomic mass is 32.1. The average molecular weight is 354 g/mol. The van der Waals surface area contributed by atoms with E-state index in [1.807, 2.05) is 0 Å². The Morgan fingerprint density at radius 1 is 1.29 bits per heavy atom. The van der Waals surface area contributed by atoms with Gasteiger partial charge >= 0.3 is 11.9 Å². The van der Waals surface area contributed by atoms with Gasteiger partial charge in [0, 0.05) is 12.3 Å². The Morgan fingerprint density at radius 3 is 2.46 bits per heavy atom. The lowest BCUT2D eigenvalue weighted by Gasteiger charge is -2.43. The molecule has 7 heteroatoms. The molecule has 24 heavy (non-hydrogen) atoms. The van der Waals surface area contributed by atoms with Crippen molar-refractivity contribution in [3.8, 4) is 0 Å². The van der Waals surface area contributed by atoms with Crippen molar-refractivity contribution in [2.45, 2.75) is 38.7 Å². The highest BCUT2D eigenvalue weighted by Gasteiger charge is 2.57. The molecular formula is C17H22O6S. The summed E-state index contributed by atoms with van der Waals surface area (Å²) in [6, 6.07) is 1.75. The smallest absolute Gasteiger partial charge is 0.317 e. The van der Waals surface area contributed by atoms with E-state index in [4.69, 9.17) is 9.47 Å². The Hall–Kier alpha value is -1.73. The number of ketones is 1. The van der Waals surface area contributed by atoms with Gasteiger partial charge in [0.1, 0.15) is 5.92 Å². The lowest BCUT2D eigenvalue weighted by Crippen LogP contribution is -2.55. The third-order valence-corrected chi connectivity index (χ3v) is 4.98. The molecule has 1 aromatic heterocycles. The van der Waals surface area contributed by atoms with Crippen LogP contribution in [0, 0.1) is 11.8 Å². The molecule has 1 heterocycles. The Bertz CT molecular complexity index is 607. The molecule has 0 amide bonds. The van der Waals surface area contributed by atoms with Gasteiger partial charge in [-0.15, -0.1) is 0 Å². The van der Waals surface area contributed by atoms with Crippen molar-refractivity contribution in [1.82, 2.24) is 0 Å². The molecule has 0 aromatic carbocycles. The molecule has 0 saturated heterocycles. The molecule has 2 rings (SSSR count). The Labute approximate surface area is 144 Å². The van der Waals surface area contributed by atoms with E-state index < -0.39 is 41.1 Å². The molecule has 132 valence electrons. The monoisotopic (exact) mass is 354 g/mol. The van der Waals surface area contributed by atoms with Gasteiger partial charge in [0.2, 0.25) is 0 Å². The minimum absolute atomic E-state index is 0.138. The SMILES string of the molecule is CCOC(=O)[C@@H]1C(=O)C[C@](C)(O)[C@@H](C(=O)OCC)[C@@H]1c1ccsc1. The van der Waals surface area contributed by atoms with Crippen molar-refractivity contribution in [1.29, 1.82) is 0 Å². The highest BCUT2D eigenvalue weighted by molar-refractivity contribution is 7.08. The third-order valence-electron chi connectivity index (χ3n) is 4.28. The number of carbonyl (C=O) groups is 3. The van der Waals surface area contributed by atoms with Crippen LogP contribution in [-0.4, -0.2) is 41.6 Å². The van der Waals surface area contributed by atoms with Crippen molar-refractivity contribution in [3.05, 3.63) is 22.4 Å². The number of hydrogen-bond acceptors (Lipinski definition) is 7. The first kappa shape index (κ1) is 18.6. The van der Waals surface area contributed by atoms with Gasteiger partial charge < -0.3 is 14.6 Å². The van der Waals surface area contributed by atoms with Crippen LogP contribution < -0.4 is 0 Å². The first-order chi connectivity index (χ1) is 11.3. The van der Waals surface area contributed by atoms with Gasteiger partial charge in [0.15, 0.2) is 5.78 Å². The summed E-state index contributed by atoms with van der Waals surface area (Å²) in [6.45, 7) is 5.05. The van der Waals surface area contributed by atoms with Crippen molar-refractivity contribution in [2.75, 3.05) is 13.2 Å². The number of carbonyl (C=O) groups excluding carboxylic acids is 3. The van der Waals surface area contributed by atoms with Crippen LogP contribution in [-0.2, 0) is 23.9 Å². The Balaban J connectivity index is 2.53. The minimum atomic E-state index is -1.58. The summed E-state index contributed by atoms with van der Waals surface area (Å²) >= 11 is 1.39. The van der Waals surface area contributed by atoms with Gasteiger partial charge in [0.25, 0.3) is 0 Å². The summed E-state index contributed by atoms with van der Waals surface area (Å²) < 4.78 is 10.2. The predicted molar refractivity (Wildman–Crippen MR) is 87.6 cm³/mol. The normalized spacial score (nSPS) is 30.0. The maximum absolute atomic E-state index is 12.5. The van der Waals surface area contributed by atoms with Gasteiger partial charge in [-0.1, -0.05) is 0 Å². The van der Waals surface area contributed by atoms with E-state index in [1.165, 1.54) is 18.3 Å². The molecule has 1 N–H and O–H groups in total. The molecule has 1 saturated carbocycles. The molecule has 1 aliphatic carbocycles. The molecule has 0 unspecified atom stereocenters. The third kappa shape index (κ3) is 3.52. The number of Topliss-reactive ketones (excluding diaryl/α,β-unsaturated/α-hetero) is 1. The number of ether oxygens (including phenoxy) is 2. The summed E-state index contributed by atoms with van der Waals surface area (Å²) in [6.07, 6.45) is -0.291. The van der Waals surface area contributed by atoms with Crippen LogP contribution in [0.15, 0.2) is 16.8 Å². The van der Waals surface area contributed by atoms with E-state index in [9.17, 15) is 19.5 Å². The lowest BCUT2D eigenvalue weighted by molar-refractivity contribution is -0.172. The van der Waals surface area contributed by atoms with E-state index >= 15 is 0 Å². The quantitative estimate of drug-likeness (QED) is 0.642. The van der Waals surface area contributed by atoms with Crippen LogP contribution in [0.4, 0.5) is 0 Å². The predicted octanol–water partition coefficient (Wildman–Crippen LogP) is 1.91. The molecule has 0 bridgehead atoms. The first-order valence-electron chi connectivity index (χ1n) is 7.94. The van der Waals surface area contributed by atoms with Crippen LogP contribution >= 0.6 is 11.3 Å². The summed E-state index contributed by atoms with van der Waals surface area (Å²) in [5.74, 6) is -4.63. The first-order valence-corrected chi connectivity index (χ1v) is 8.88. The fourth-order valence-corrected chi connectivity index (χ4v) is 4.05. The highest BCUT2D eigenvalue weighted by Crippen LogP contribution is 2.47. The second kappa shape index (κ2) is 7.44. The van der Waals surface area contributed by atoms with Crippen LogP contribution in [0.25, 0.3) is 0 Å². The van der Waals surface area contributed by atoms with Gasteiger partial charge in [0.05, 0.1) is 24.7 Å². The van der Waals surface area contributed by atoms with Crippen molar-refractivity contribution in [3.63, 3.8) is 0 Å². The average Bonchev–Trinajstić information content (AvgIpc) is 2.99. The number of esters is 2. The second-order valence-electron chi connectivity index (χ2n) is 6.04. The van der Waals surface area contributed by atoms with Crippen molar-refractivity contribution in [2.24, 2.45) is 11.8 Å². The maximum Gasteiger partial charge on any atom is 0.317 e. The molecule has 4 atom stereocenters. The van der Waals surface area contributed by atoms with Crippen molar-refractivity contribution >= 4 is 29.1 Å². The summed E-state index contributed by atoms with van der Waals surface area (Å²) in [5.41, 5.74) is -0.928. The number of thiophene rings is 1. The van der Waals surface area contributed by atoms with Gasteiger partial charge in [-0.05, 0) is 43.2 Å². The topological polar surface area (TPSA) is 89.9 Å². The largest absolute Gasteiger partial charge is 0.466 e. The molecule has 1 fully saturated rings. The molecule has 1 aromatic rings. The summed E-state index contributed by atoms with van der Waals surface area (Å²) in [4.78, 5) is 37.4. The van der Waals surface area contributed by atoms with Crippen molar-refractivity contribution < 1.29 is 29.0 Å². The van der Waals surface area contributed by atoms with Gasteiger partial charge in [-0.25, -0.2) is 0 Å². The zero-order valence-corrected chi connectivity index (χ0v) is 14.8. The number of aliphatic hydroxyl groups is 1. The molecule has 0 spiro atoms. The fourth-order valence-electron chi connectivity index (χ4n) is 3.34. The molecule has 0 radical (unpaired) electrons. The standard InChI is InChI=1S/C17H22O6S/c1-4-22-15(19)13-11(18)8-17(3,21)14(16(20)23-5-2)12(13)10-6-7-24-9-10/h6-7,9,12-14,21H,4-5,8H2,1-3H3/t12-,13-,14-,17+/m1/s1. The van der Waals surface area contributed by atoms with Crippen LogP contribution in [0.5, 0.6) is 0 Å². The van der Waals surface area contributed by atoms with E-state index in [-0.39, 0.29) is 19.6 Å². The minimum Gasteiger partial charge on any atom is -0.466 e. The van der Waals surface area contributed by atoms with Gasteiger partial charge in [-0.2, -0.15) is 11.3 Å². The van der Waals surface area contributed by atoms with E-state index in [2.05, 4.69) is 0 Å². The van der Waals surface area contributed by atoms with Crippen LogP contribution in [0.2, 0.25) is 0 Å². The van der Waals surface area contributed by atoms with Gasteiger partial charge in [-0.3, -0.25) is 14.4 Å². The number of rotatable bonds is 5. The van der Waals surface area contributed by atoms with Crippen LogP contribution in [0.3, 0.4) is 0 Å². The summed E-state index contributed by atoms with van der Waals surface area (Å²) in [7, 11) is 0. The molecule has 6 nitrogen and oxygen atoms in total. The zero-order valence-electron chi connectivity index (χ0n) is 14.0. The fraction of sp³-hybridized carbons (Fsp3) is 0.588. The van der Waals surface area contributed by atoms with Crippen LogP contribution in [0.1, 0.15) is 38.7 Å². The number of hydrogen-bond donors (Lipinski definition) is 1. The second-order valence-corrected chi connectivity index (χ2v) is 6.82. The molecular weight excluding hydrogens is 332 g/mol. The Morgan fingerprint density at radius 2 is 1.92 bits per heavy atom. The maximum atomic E-state index is 12.5.